The minimum absolute atomic E-state index is 1.01. The van der Waals surface area contributed by atoms with Crippen molar-refractivity contribution in [2.24, 2.45) is 0 Å². The molecule has 2 aliphatic rings. The number of benzene rings is 4. The Morgan fingerprint density at radius 1 is 0.289 bits per heavy atom. The van der Waals surface area contributed by atoms with Crippen molar-refractivity contribution in [3.63, 3.8) is 0 Å². The number of para-hydroxylation sites is 4. The molecule has 6 aromatic rings. The van der Waals surface area contributed by atoms with E-state index in [1.54, 1.807) is 0 Å². The van der Waals surface area contributed by atoms with Gasteiger partial charge in [-0.2, -0.15) is 0 Å². The first-order valence-corrected chi connectivity index (χ1v) is 12.9. The largest absolute Gasteiger partial charge is 0.248 e. The first-order valence-electron chi connectivity index (χ1n) is 12.9. The number of hydrogen-bond acceptors (Lipinski definition) is 2. The van der Waals surface area contributed by atoms with Gasteiger partial charge in [-0.1, -0.05) is 103 Å². The lowest BCUT2D eigenvalue weighted by Crippen LogP contribution is -1.88. The van der Waals surface area contributed by atoms with Crippen LogP contribution in [0.1, 0.15) is 0 Å². The van der Waals surface area contributed by atoms with Gasteiger partial charge in [-0.05, 0) is 52.6 Å². The summed E-state index contributed by atoms with van der Waals surface area (Å²) in [6.07, 6.45) is 0. The summed E-state index contributed by atoms with van der Waals surface area (Å²) < 4.78 is 0. The molecule has 2 heteroatoms. The third-order valence-electron chi connectivity index (χ3n) is 7.62. The number of rotatable bonds is 2. The van der Waals surface area contributed by atoms with Gasteiger partial charge in [-0.3, -0.25) is 0 Å². The second-order valence-corrected chi connectivity index (χ2v) is 9.75. The summed E-state index contributed by atoms with van der Waals surface area (Å²) in [5, 5.41) is 4.67. The maximum Gasteiger partial charge on any atom is 0.0715 e. The summed E-state index contributed by atoms with van der Waals surface area (Å²) in [4.78, 5) is 9.99. The van der Waals surface area contributed by atoms with E-state index in [-0.39, 0.29) is 0 Å². The van der Waals surface area contributed by atoms with Crippen LogP contribution < -0.4 is 0 Å². The Bertz CT molecular complexity index is 1880. The zero-order valence-corrected chi connectivity index (χ0v) is 20.6. The molecule has 2 heterocycles. The van der Waals surface area contributed by atoms with E-state index in [0.717, 1.165) is 22.1 Å². The maximum atomic E-state index is 4.99. The first kappa shape index (κ1) is 21.0. The van der Waals surface area contributed by atoms with Crippen molar-refractivity contribution in [3.05, 3.63) is 133 Å². The van der Waals surface area contributed by atoms with Crippen molar-refractivity contribution in [3.8, 4) is 33.4 Å². The van der Waals surface area contributed by atoms with Crippen LogP contribution in [0.4, 0.5) is 0 Å². The fraction of sp³-hybridized carbons (Fsp3) is 0. The molecule has 0 radical (unpaired) electrons. The minimum Gasteiger partial charge on any atom is -0.248 e. The summed E-state index contributed by atoms with van der Waals surface area (Å²) in [6, 6.07) is 47.2. The molecule has 0 atom stereocenters. The van der Waals surface area contributed by atoms with Crippen LogP contribution in [-0.4, -0.2) is 9.97 Å². The average Bonchev–Trinajstić information content (AvgIpc) is 3.13. The van der Waals surface area contributed by atoms with E-state index in [4.69, 9.17) is 9.97 Å². The fourth-order valence-corrected chi connectivity index (χ4v) is 5.99. The molecule has 0 bridgehead atoms. The van der Waals surface area contributed by atoms with E-state index in [2.05, 4.69) is 133 Å². The highest BCUT2D eigenvalue weighted by Crippen LogP contribution is 2.49. The molecule has 0 unspecified atom stereocenters. The highest BCUT2D eigenvalue weighted by atomic mass is 14.7. The van der Waals surface area contributed by atoms with Crippen LogP contribution in [0.3, 0.4) is 0 Å². The Morgan fingerprint density at radius 2 is 0.605 bits per heavy atom. The van der Waals surface area contributed by atoms with E-state index in [9.17, 15) is 0 Å². The molecular formula is C36H22N2. The first-order chi connectivity index (χ1) is 18.9. The second-order valence-electron chi connectivity index (χ2n) is 9.75. The monoisotopic (exact) mass is 482 g/mol. The van der Waals surface area contributed by atoms with Crippen LogP contribution in [0.2, 0.25) is 0 Å². The lowest BCUT2D eigenvalue weighted by atomic mass is 9.94. The van der Waals surface area contributed by atoms with Crippen molar-refractivity contribution in [2.75, 3.05) is 0 Å². The topological polar surface area (TPSA) is 25.8 Å². The lowest BCUT2D eigenvalue weighted by Gasteiger charge is -2.11. The van der Waals surface area contributed by atoms with Gasteiger partial charge in [0.05, 0.1) is 22.1 Å². The molecule has 0 fully saturated rings. The van der Waals surface area contributed by atoms with Crippen LogP contribution in [0, 0.1) is 0 Å². The predicted octanol–water partition coefficient (Wildman–Crippen LogP) is 9.53. The Kier molecular flexibility index (Phi) is 4.55. The molecule has 0 N–H and O–H groups in total. The zero-order valence-electron chi connectivity index (χ0n) is 20.6. The van der Waals surface area contributed by atoms with Gasteiger partial charge in [-0.15, -0.1) is 0 Å². The van der Waals surface area contributed by atoms with Gasteiger partial charge >= 0.3 is 0 Å². The number of aromatic nitrogens is 2. The fourth-order valence-electron chi connectivity index (χ4n) is 5.99. The van der Waals surface area contributed by atoms with Crippen LogP contribution in [0.5, 0.6) is 0 Å². The third kappa shape index (κ3) is 3.07. The van der Waals surface area contributed by atoms with Gasteiger partial charge in [0, 0.05) is 32.7 Å². The molecule has 0 aliphatic heterocycles. The molecule has 2 aliphatic carbocycles. The number of pyridine rings is 2. The van der Waals surface area contributed by atoms with E-state index < -0.39 is 0 Å². The SMILES string of the molecule is c1ccc2c(-c3c4ccccc4nc4ccccc34)cc(-c3c4ccccc4nc4ccccc34)c-2cc1. The normalized spacial score (nSPS) is 11.7. The van der Waals surface area contributed by atoms with E-state index in [0.29, 0.717) is 0 Å². The van der Waals surface area contributed by atoms with Crippen LogP contribution in [-0.2, 0) is 0 Å². The Hall–Kier alpha value is -5.08. The summed E-state index contributed by atoms with van der Waals surface area (Å²) in [6.45, 7) is 0. The van der Waals surface area contributed by atoms with Gasteiger partial charge < -0.3 is 0 Å². The smallest absolute Gasteiger partial charge is 0.0715 e. The lowest BCUT2D eigenvalue weighted by molar-refractivity contribution is 1.49. The molecule has 0 amide bonds. The van der Waals surface area contributed by atoms with Crippen LogP contribution in [0.15, 0.2) is 133 Å². The van der Waals surface area contributed by atoms with Gasteiger partial charge in [0.2, 0.25) is 0 Å². The van der Waals surface area contributed by atoms with Crippen molar-refractivity contribution in [2.45, 2.75) is 0 Å². The van der Waals surface area contributed by atoms with Crippen molar-refractivity contribution in [1.29, 1.82) is 0 Å². The summed E-state index contributed by atoms with van der Waals surface area (Å²) in [5.74, 6) is 0. The molecule has 2 aromatic heterocycles. The molecule has 38 heavy (non-hydrogen) atoms. The van der Waals surface area contributed by atoms with Gasteiger partial charge in [0.1, 0.15) is 0 Å². The molecule has 0 saturated carbocycles. The Morgan fingerprint density at radius 3 is 0.974 bits per heavy atom. The molecule has 0 spiro atoms. The molecule has 0 saturated heterocycles. The minimum atomic E-state index is 1.01. The van der Waals surface area contributed by atoms with Crippen molar-refractivity contribution < 1.29 is 0 Å². The quantitative estimate of drug-likeness (QED) is 0.229. The van der Waals surface area contributed by atoms with Crippen LogP contribution in [0.25, 0.3) is 77.0 Å². The average molecular weight is 483 g/mol. The van der Waals surface area contributed by atoms with Gasteiger partial charge in [-0.25, -0.2) is 9.97 Å². The van der Waals surface area contributed by atoms with Crippen LogP contribution >= 0.6 is 0 Å². The van der Waals surface area contributed by atoms with Gasteiger partial charge in [0.15, 0.2) is 0 Å². The predicted molar refractivity (Wildman–Crippen MR) is 160 cm³/mol. The number of hydrogen-bond donors (Lipinski definition) is 0. The van der Waals surface area contributed by atoms with E-state index in [1.807, 2.05) is 0 Å². The van der Waals surface area contributed by atoms with Crippen molar-refractivity contribution >= 4 is 43.6 Å². The van der Waals surface area contributed by atoms with E-state index in [1.165, 1.54) is 54.9 Å². The maximum absolute atomic E-state index is 4.99. The standard InChI is InChI=1S/C36H22N2/c1-2-12-23-24(13-3-1)30(36-27-16-6-10-20-33(27)38-34-21-11-7-17-28(34)36)22-29(23)35-25-14-4-8-18-31(25)37-32-19-9-5-15-26(32)35/h1-22H. The number of nitrogens with zero attached hydrogens (tertiary/aromatic N) is 2. The second kappa shape index (κ2) is 8.22. The molecule has 2 nitrogen and oxygen atoms in total. The zero-order chi connectivity index (χ0) is 25.1. The van der Waals surface area contributed by atoms with Gasteiger partial charge in [0.25, 0.3) is 0 Å². The molecule has 176 valence electrons. The number of fused-ring (bicyclic) bond motifs is 5. The third-order valence-corrected chi connectivity index (χ3v) is 7.62. The van der Waals surface area contributed by atoms with E-state index >= 15 is 0 Å². The highest BCUT2D eigenvalue weighted by molar-refractivity contribution is 6.18. The summed E-state index contributed by atoms with van der Waals surface area (Å²) in [7, 11) is 0. The Labute approximate surface area is 220 Å². The highest BCUT2D eigenvalue weighted by Gasteiger charge is 2.23. The molecule has 8 rings (SSSR count). The Balaban J connectivity index is 1.57. The summed E-state index contributed by atoms with van der Waals surface area (Å²) >= 11 is 0. The van der Waals surface area contributed by atoms with Crippen molar-refractivity contribution in [1.82, 2.24) is 9.97 Å². The summed E-state index contributed by atoms with van der Waals surface area (Å²) in [5.41, 5.74) is 11.4. The molecule has 4 aromatic carbocycles. The molecular weight excluding hydrogens is 460 g/mol.